The minimum Gasteiger partial charge on any atom is -0.387 e. The highest BCUT2D eigenvalue weighted by molar-refractivity contribution is 5.71. The Bertz CT molecular complexity index is 988. The van der Waals surface area contributed by atoms with E-state index in [1.165, 1.54) is 11.1 Å². The maximum atomic E-state index is 10.5. The maximum absolute atomic E-state index is 10.5. The molecule has 0 aliphatic carbocycles. The summed E-state index contributed by atoms with van der Waals surface area (Å²) in [6.45, 7) is 1.98. The molecule has 2 heterocycles. The standard InChI is InChI=1S/C22H20N2O/c1-2-19(25)22-21(23-20-10-6-7-15-24(20)22)18-13-11-17(12-14-18)16-8-4-3-5-9-16/h3-15,19,25H,2H2,1H3. The van der Waals surface area contributed by atoms with E-state index in [0.29, 0.717) is 6.42 Å². The lowest BCUT2D eigenvalue weighted by Crippen LogP contribution is -2.02. The molecule has 4 aromatic rings. The van der Waals surface area contributed by atoms with Crippen LogP contribution in [0.5, 0.6) is 0 Å². The Labute approximate surface area is 147 Å². The lowest BCUT2D eigenvalue weighted by molar-refractivity contribution is 0.168. The van der Waals surface area contributed by atoms with Crippen molar-refractivity contribution in [1.29, 1.82) is 0 Å². The minimum absolute atomic E-state index is 0.541. The van der Waals surface area contributed by atoms with Crippen molar-refractivity contribution in [3.05, 3.63) is 84.7 Å². The number of aliphatic hydroxyl groups excluding tert-OH is 1. The molecule has 25 heavy (non-hydrogen) atoms. The maximum Gasteiger partial charge on any atom is 0.137 e. The zero-order chi connectivity index (χ0) is 17.2. The molecule has 1 N–H and O–H groups in total. The van der Waals surface area contributed by atoms with E-state index in [1.54, 1.807) is 0 Å². The molecule has 0 aliphatic rings. The zero-order valence-corrected chi connectivity index (χ0v) is 14.1. The van der Waals surface area contributed by atoms with Crippen molar-refractivity contribution in [2.75, 3.05) is 0 Å². The van der Waals surface area contributed by atoms with Gasteiger partial charge in [0.2, 0.25) is 0 Å². The third kappa shape index (κ3) is 2.83. The molecule has 124 valence electrons. The number of pyridine rings is 1. The second-order valence-electron chi connectivity index (χ2n) is 6.14. The van der Waals surface area contributed by atoms with Gasteiger partial charge in [-0.15, -0.1) is 0 Å². The molecule has 2 aromatic heterocycles. The predicted octanol–water partition coefficient (Wildman–Crippen LogP) is 5.11. The molecule has 1 atom stereocenters. The highest BCUT2D eigenvalue weighted by Crippen LogP contribution is 2.31. The molecule has 2 aromatic carbocycles. The number of rotatable bonds is 4. The van der Waals surface area contributed by atoms with Gasteiger partial charge in [0.15, 0.2) is 0 Å². The van der Waals surface area contributed by atoms with Crippen LogP contribution >= 0.6 is 0 Å². The molecule has 4 rings (SSSR count). The SMILES string of the molecule is CCC(O)c1c(-c2ccc(-c3ccccc3)cc2)nc2ccccn12. The molecule has 0 amide bonds. The lowest BCUT2D eigenvalue weighted by atomic mass is 10.0. The quantitative estimate of drug-likeness (QED) is 0.565. The number of hydrogen-bond acceptors (Lipinski definition) is 2. The molecular formula is C22H20N2O. The third-order valence-electron chi connectivity index (χ3n) is 4.53. The van der Waals surface area contributed by atoms with Gasteiger partial charge in [-0.25, -0.2) is 4.98 Å². The van der Waals surface area contributed by atoms with E-state index in [9.17, 15) is 5.11 Å². The average Bonchev–Trinajstić information content (AvgIpc) is 3.08. The van der Waals surface area contributed by atoms with Crippen LogP contribution in [0, 0.1) is 0 Å². The van der Waals surface area contributed by atoms with Gasteiger partial charge in [-0.05, 0) is 29.7 Å². The van der Waals surface area contributed by atoms with Gasteiger partial charge in [0.1, 0.15) is 5.65 Å². The van der Waals surface area contributed by atoms with Crippen LogP contribution in [0.1, 0.15) is 25.1 Å². The van der Waals surface area contributed by atoms with Gasteiger partial charge in [-0.3, -0.25) is 0 Å². The Hall–Kier alpha value is -2.91. The summed E-state index contributed by atoms with van der Waals surface area (Å²) in [5.74, 6) is 0. The highest BCUT2D eigenvalue weighted by Gasteiger charge is 2.19. The third-order valence-corrected chi connectivity index (χ3v) is 4.53. The summed E-state index contributed by atoms with van der Waals surface area (Å²) in [5, 5.41) is 10.5. The normalized spacial score (nSPS) is 12.4. The van der Waals surface area contributed by atoms with Crippen molar-refractivity contribution >= 4 is 5.65 Å². The topological polar surface area (TPSA) is 37.5 Å². The van der Waals surface area contributed by atoms with Crippen molar-refractivity contribution in [2.45, 2.75) is 19.4 Å². The average molecular weight is 328 g/mol. The number of aromatic nitrogens is 2. The molecule has 0 radical (unpaired) electrons. The van der Waals surface area contributed by atoms with Crippen LogP contribution in [0.4, 0.5) is 0 Å². The molecule has 0 bridgehead atoms. The largest absolute Gasteiger partial charge is 0.387 e. The van der Waals surface area contributed by atoms with Crippen molar-refractivity contribution in [3.63, 3.8) is 0 Å². The van der Waals surface area contributed by atoms with Crippen molar-refractivity contribution in [1.82, 2.24) is 9.38 Å². The Morgan fingerprint density at radius 2 is 1.48 bits per heavy atom. The minimum atomic E-state index is -0.541. The first kappa shape index (κ1) is 15.6. The number of nitrogens with zero attached hydrogens (tertiary/aromatic N) is 2. The highest BCUT2D eigenvalue weighted by atomic mass is 16.3. The molecule has 0 fully saturated rings. The molecule has 1 unspecified atom stereocenters. The first-order valence-electron chi connectivity index (χ1n) is 8.59. The summed E-state index contributed by atoms with van der Waals surface area (Å²) in [6, 6.07) is 24.6. The predicted molar refractivity (Wildman–Crippen MR) is 101 cm³/mol. The number of benzene rings is 2. The van der Waals surface area contributed by atoms with Gasteiger partial charge in [-0.2, -0.15) is 0 Å². The van der Waals surface area contributed by atoms with Crippen LogP contribution in [0.3, 0.4) is 0 Å². The van der Waals surface area contributed by atoms with Gasteiger partial charge in [0.05, 0.1) is 17.5 Å². The van der Waals surface area contributed by atoms with Crippen molar-refractivity contribution in [2.24, 2.45) is 0 Å². The smallest absolute Gasteiger partial charge is 0.137 e. The Balaban J connectivity index is 1.82. The summed E-state index contributed by atoms with van der Waals surface area (Å²) < 4.78 is 1.98. The van der Waals surface area contributed by atoms with E-state index >= 15 is 0 Å². The first-order chi connectivity index (χ1) is 12.3. The summed E-state index contributed by atoms with van der Waals surface area (Å²) in [6.07, 6.45) is 2.07. The van der Waals surface area contributed by atoms with Gasteiger partial charge < -0.3 is 9.51 Å². The number of hydrogen-bond donors (Lipinski definition) is 1. The molecule has 0 aliphatic heterocycles. The second-order valence-corrected chi connectivity index (χ2v) is 6.14. The first-order valence-corrected chi connectivity index (χ1v) is 8.59. The van der Waals surface area contributed by atoms with E-state index in [0.717, 1.165) is 22.6 Å². The van der Waals surface area contributed by atoms with Crippen LogP contribution < -0.4 is 0 Å². The molecule has 0 saturated heterocycles. The van der Waals surface area contributed by atoms with Gasteiger partial charge in [0, 0.05) is 11.8 Å². The van der Waals surface area contributed by atoms with Crippen molar-refractivity contribution in [3.8, 4) is 22.4 Å². The molecule has 3 nitrogen and oxygen atoms in total. The fourth-order valence-corrected chi connectivity index (χ4v) is 3.19. The molecule has 3 heteroatoms. The van der Waals surface area contributed by atoms with Gasteiger partial charge in [0.25, 0.3) is 0 Å². The summed E-state index contributed by atoms with van der Waals surface area (Å²) >= 11 is 0. The van der Waals surface area contributed by atoms with Crippen LogP contribution in [-0.4, -0.2) is 14.5 Å². The fourth-order valence-electron chi connectivity index (χ4n) is 3.19. The fraction of sp³-hybridized carbons (Fsp3) is 0.136. The van der Waals surface area contributed by atoms with E-state index in [1.807, 2.05) is 53.9 Å². The van der Waals surface area contributed by atoms with Crippen LogP contribution in [-0.2, 0) is 0 Å². The van der Waals surface area contributed by atoms with E-state index in [2.05, 4.69) is 36.4 Å². The molecule has 0 spiro atoms. The Morgan fingerprint density at radius 3 is 2.20 bits per heavy atom. The molecular weight excluding hydrogens is 308 g/mol. The Kier molecular flexibility index (Phi) is 4.08. The van der Waals surface area contributed by atoms with E-state index in [4.69, 9.17) is 4.98 Å². The summed E-state index contributed by atoms with van der Waals surface area (Å²) in [4.78, 5) is 4.76. The number of fused-ring (bicyclic) bond motifs is 1. The lowest BCUT2D eigenvalue weighted by Gasteiger charge is -2.11. The second kappa shape index (κ2) is 6.54. The summed E-state index contributed by atoms with van der Waals surface area (Å²) in [5.41, 5.74) is 5.94. The zero-order valence-electron chi connectivity index (χ0n) is 14.1. The monoisotopic (exact) mass is 328 g/mol. The molecule has 0 saturated carbocycles. The van der Waals surface area contributed by atoms with Crippen LogP contribution in [0.15, 0.2) is 79.0 Å². The van der Waals surface area contributed by atoms with Gasteiger partial charge in [-0.1, -0.05) is 67.6 Å². The van der Waals surface area contributed by atoms with Crippen LogP contribution in [0.2, 0.25) is 0 Å². The number of aliphatic hydroxyl groups is 1. The van der Waals surface area contributed by atoms with Crippen LogP contribution in [0.25, 0.3) is 28.0 Å². The van der Waals surface area contributed by atoms with Gasteiger partial charge >= 0.3 is 0 Å². The Morgan fingerprint density at radius 1 is 0.840 bits per heavy atom. The van der Waals surface area contributed by atoms with Crippen molar-refractivity contribution < 1.29 is 5.11 Å². The van der Waals surface area contributed by atoms with E-state index < -0.39 is 6.10 Å². The number of imidazole rings is 1. The van der Waals surface area contributed by atoms with E-state index in [-0.39, 0.29) is 0 Å². The summed E-state index contributed by atoms with van der Waals surface area (Å²) in [7, 11) is 0.